The minimum absolute atomic E-state index is 0.0932. The van der Waals surface area contributed by atoms with Gasteiger partial charge in [-0.15, -0.1) is 0 Å². The first-order valence-corrected chi connectivity index (χ1v) is 16.6. The van der Waals surface area contributed by atoms with Gasteiger partial charge in [-0.2, -0.15) is 0 Å². The van der Waals surface area contributed by atoms with Crippen LogP contribution in [-0.2, 0) is 17.9 Å². The molecule has 0 spiro atoms. The lowest BCUT2D eigenvalue weighted by molar-refractivity contribution is -0.119. The fourth-order valence-electron chi connectivity index (χ4n) is 5.87. The number of aliphatic hydroxyl groups excluding tert-OH is 1. The lowest BCUT2D eigenvalue weighted by Gasteiger charge is -2.16. The first-order chi connectivity index (χ1) is 23.4. The Bertz CT molecular complexity index is 2020. The normalized spacial score (nSPS) is 14.4. The number of nitrogens with zero attached hydrogens (tertiary/aromatic N) is 3. The molecule has 2 aromatic carbocycles. The van der Waals surface area contributed by atoms with E-state index in [2.05, 4.69) is 20.9 Å². The van der Waals surface area contributed by atoms with Crippen LogP contribution in [0.15, 0.2) is 77.9 Å². The summed E-state index contributed by atoms with van der Waals surface area (Å²) in [7, 11) is 1.59. The number of benzene rings is 2. The number of aromatic nitrogens is 3. The van der Waals surface area contributed by atoms with Gasteiger partial charge in [0, 0.05) is 84.5 Å². The van der Waals surface area contributed by atoms with Crippen LogP contribution in [0.4, 0.5) is 0 Å². The van der Waals surface area contributed by atoms with E-state index in [1.165, 1.54) is 4.40 Å². The van der Waals surface area contributed by atoms with Gasteiger partial charge in [-0.1, -0.05) is 65.7 Å². The standard InChI is InChI=1S/C36H36Cl2N6O4/c1-48-35-23(18-40-21-25-10-12-32(46)42-25)9-11-30(43-35)29-8-3-7-28(34(29)38)27-6-2-5-26(33(27)37)22-13-15-44-31(17-22)41-20-24(36(44)47)19-39-14-4-16-45/h2-3,5-9,11,13,15,17,20,25,39-40,45H,4,10,12,14,16,18-19,21H2,1H3,(H,42,46)/t25-/m0/s1. The number of amides is 1. The summed E-state index contributed by atoms with van der Waals surface area (Å²) < 4.78 is 7.15. The molecule has 1 aliphatic heterocycles. The van der Waals surface area contributed by atoms with E-state index in [9.17, 15) is 9.59 Å². The van der Waals surface area contributed by atoms with Crippen LogP contribution in [0.1, 0.15) is 30.4 Å². The molecular formula is C36H36Cl2N6O4. The number of fused-ring (bicyclic) bond motifs is 1. The summed E-state index contributed by atoms with van der Waals surface area (Å²) in [5.74, 6) is 0.585. The van der Waals surface area contributed by atoms with Crippen molar-refractivity contribution < 1.29 is 14.6 Å². The maximum Gasteiger partial charge on any atom is 0.262 e. The van der Waals surface area contributed by atoms with Crippen molar-refractivity contribution in [2.45, 2.75) is 38.4 Å². The molecule has 12 heteroatoms. The molecule has 10 nitrogen and oxygen atoms in total. The van der Waals surface area contributed by atoms with Crippen molar-refractivity contribution in [1.82, 2.24) is 30.3 Å². The molecule has 3 aromatic heterocycles. The molecule has 4 heterocycles. The third-order valence-electron chi connectivity index (χ3n) is 8.41. The second-order valence-electron chi connectivity index (χ2n) is 11.6. The van der Waals surface area contributed by atoms with Gasteiger partial charge in [-0.05, 0) is 43.1 Å². The Balaban J connectivity index is 1.25. The van der Waals surface area contributed by atoms with E-state index in [0.717, 1.165) is 39.8 Å². The second kappa shape index (κ2) is 15.3. The van der Waals surface area contributed by atoms with E-state index in [1.54, 1.807) is 19.5 Å². The molecule has 6 rings (SSSR count). The Hall–Kier alpha value is -4.32. The van der Waals surface area contributed by atoms with Crippen molar-refractivity contribution in [3.05, 3.63) is 105 Å². The van der Waals surface area contributed by atoms with Gasteiger partial charge in [-0.25, -0.2) is 9.97 Å². The first-order valence-electron chi connectivity index (χ1n) is 15.8. The van der Waals surface area contributed by atoms with Crippen LogP contribution in [0.3, 0.4) is 0 Å². The predicted octanol–water partition coefficient (Wildman–Crippen LogP) is 5.25. The van der Waals surface area contributed by atoms with E-state index in [1.807, 2.05) is 60.7 Å². The Morgan fingerprint density at radius 2 is 1.69 bits per heavy atom. The van der Waals surface area contributed by atoms with Crippen molar-refractivity contribution in [3.8, 4) is 39.4 Å². The minimum Gasteiger partial charge on any atom is -0.481 e. The quantitative estimate of drug-likeness (QED) is 0.124. The monoisotopic (exact) mass is 686 g/mol. The summed E-state index contributed by atoms with van der Waals surface area (Å²) in [5, 5.41) is 19.5. The van der Waals surface area contributed by atoms with Gasteiger partial charge in [-0.3, -0.25) is 14.0 Å². The summed E-state index contributed by atoms with van der Waals surface area (Å²) >= 11 is 14.1. The maximum absolute atomic E-state index is 13.1. The van der Waals surface area contributed by atoms with Gasteiger partial charge in [0.2, 0.25) is 11.8 Å². The molecule has 1 atom stereocenters. The number of rotatable bonds is 13. The Morgan fingerprint density at radius 1 is 0.958 bits per heavy atom. The Kier molecular flexibility index (Phi) is 10.7. The number of carbonyl (C=O) groups excluding carboxylic acids is 1. The first kappa shape index (κ1) is 33.6. The van der Waals surface area contributed by atoms with E-state index < -0.39 is 0 Å². The number of halogens is 2. The van der Waals surface area contributed by atoms with Gasteiger partial charge in [0.25, 0.3) is 5.56 Å². The summed E-state index contributed by atoms with van der Waals surface area (Å²) in [6, 6.07) is 19.2. The van der Waals surface area contributed by atoms with Crippen LogP contribution < -0.4 is 26.2 Å². The summed E-state index contributed by atoms with van der Waals surface area (Å²) in [5.41, 5.74) is 6.26. The van der Waals surface area contributed by atoms with Crippen LogP contribution in [0.5, 0.6) is 5.88 Å². The summed E-state index contributed by atoms with van der Waals surface area (Å²) in [6.45, 7) is 2.29. The van der Waals surface area contributed by atoms with Crippen molar-refractivity contribution in [2.75, 3.05) is 26.8 Å². The molecule has 48 heavy (non-hydrogen) atoms. The molecule has 1 aliphatic rings. The number of carbonyl (C=O) groups is 1. The third-order valence-corrected chi connectivity index (χ3v) is 9.22. The fraction of sp³-hybridized carbons (Fsp3) is 0.278. The topological polar surface area (TPSA) is 130 Å². The number of aliphatic hydroxyl groups is 1. The Morgan fingerprint density at radius 3 is 2.42 bits per heavy atom. The van der Waals surface area contributed by atoms with Gasteiger partial charge in [0.15, 0.2) is 0 Å². The highest BCUT2D eigenvalue weighted by atomic mass is 35.5. The van der Waals surface area contributed by atoms with E-state index in [-0.39, 0.29) is 24.1 Å². The summed E-state index contributed by atoms with van der Waals surface area (Å²) in [4.78, 5) is 33.9. The molecular weight excluding hydrogens is 651 g/mol. The maximum atomic E-state index is 13.1. The lowest BCUT2D eigenvalue weighted by atomic mass is 9.97. The van der Waals surface area contributed by atoms with Gasteiger partial charge < -0.3 is 25.8 Å². The van der Waals surface area contributed by atoms with E-state index in [0.29, 0.717) is 71.9 Å². The van der Waals surface area contributed by atoms with Crippen LogP contribution in [0.2, 0.25) is 10.0 Å². The highest BCUT2D eigenvalue weighted by molar-refractivity contribution is 6.39. The number of methoxy groups -OCH3 is 1. The zero-order valence-corrected chi connectivity index (χ0v) is 27.9. The molecule has 5 aromatic rings. The zero-order valence-electron chi connectivity index (χ0n) is 26.4. The van der Waals surface area contributed by atoms with Crippen LogP contribution in [-0.4, -0.2) is 58.2 Å². The molecule has 0 aliphatic carbocycles. The lowest BCUT2D eigenvalue weighted by Crippen LogP contribution is -2.35. The SMILES string of the molecule is COc1nc(-c2cccc(-c3cccc(-c4ccn5c(=O)c(CNCCCO)cnc5c4)c3Cl)c2Cl)ccc1CNC[C@@H]1CCC(=O)N1. The second-order valence-corrected chi connectivity index (χ2v) is 12.4. The molecule has 1 saturated heterocycles. The average molecular weight is 688 g/mol. The smallest absolute Gasteiger partial charge is 0.262 e. The van der Waals surface area contributed by atoms with Crippen LogP contribution >= 0.6 is 23.2 Å². The minimum atomic E-state index is -0.153. The van der Waals surface area contributed by atoms with Crippen molar-refractivity contribution in [3.63, 3.8) is 0 Å². The number of hydrogen-bond acceptors (Lipinski definition) is 8. The molecule has 0 bridgehead atoms. The predicted molar refractivity (Wildman–Crippen MR) is 188 cm³/mol. The molecule has 0 unspecified atom stereocenters. The summed E-state index contributed by atoms with van der Waals surface area (Å²) in [6.07, 6.45) is 5.30. The number of ether oxygens (including phenoxy) is 1. The highest BCUT2D eigenvalue weighted by Gasteiger charge is 2.21. The molecule has 1 fully saturated rings. The average Bonchev–Trinajstić information content (AvgIpc) is 3.52. The number of pyridine rings is 2. The highest BCUT2D eigenvalue weighted by Crippen LogP contribution is 2.42. The zero-order chi connectivity index (χ0) is 33.6. The van der Waals surface area contributed by atoms with E-state index in [4.69, 9.17) is 38.0 Å². The van der Waals surface area contributed by atoms with Crippen molar-refractivity contribution in [1.29, 1.82) is 0 Å². The molecule has 248 valence electrons. The van der Waals surface area contributed by atoms with Crippen molar-refractivity contribution in [2.24, 2.45) is 0 Å². The van der Waals surface area contributed by atoms with E-state index >= 15 is 0 Å². The van der Waals surface area contributed by atoms with Gasteiger partial charge in [0.1, 0.15) is 5.65 Å². The Labute approximate surface area is 288 Å². The number of hydrogen-bond donors (Lipinski definition) is 4. The largest absolute Gasteiger partial charge is 0.481 e. The molecule has 4 N–H and O–H groups in total. The van der Waals surface area contributed by atoms with Crippen LogP contribution in [0.25, 0.3) is 39.2 Å². The van der Waals surface area contributed by atoms with Crippen LogP contribution in [0, 0.1) is 0 Å². The van der Waals surface area contributed by atoms with Gasteiger partial charge >= 0.3 is 0 Å². The van der Waals surface area contributed by atoms with Gasteiger partial charge in [0.05, 0.1) is 22.8 Å². The number of nitrogens with one attached hydrogen (secondary N) is 3. The third kappa shape index (κ3) is 7.23. The fourth-order valence-corrected chi connectivity index (χ4v) is 6.53. The molecule has 0 radical (unpaired) electrons. The molecule has 0 saturated carbocycles. The molecule has 1 amide bonds. The van der Waals surface area contributed by atoms with Crippen molar-refractivity contribution >= 4 is 34.8 Å².